The van der Waals surface area contributed by atoms with Crippen molar-refractivity contribution in [2.45, 2.75) is 26.2 Å². The fraction of sp³-hybridized carbons (Fsp3) is 0.267. The first-order valence-corrected chi connectivity index (χ1v) is 6.49. The summed E-state index contributed by atoms with van der Waals surface area (Å²) in [5, 5.41) is 0. The van der Waals surface area contributed by atoms with Gasteiger partial charge in [0.25, 0.3) is 0 Å². The molecule has 1 aromatic carbocycles. The number of benzene rings is 1. The van der Waals surface area contributed by atoms with Crippen molar-refractivity contribution in [3.63, 3.8) is 0 Å². The molecule has 0 bridgehead atoms. The Labute approximate surface area is 119 Å². The van der Waals surface area contributed by atoms with E-state index < -0.39 is 11.7 Å². The molecule has 0 fully saturated rings. The molecule has 0 saturated heterocycles. The lowest BCUT2D eigenvalue weighted by Crippen LogP contribution is -2.39. The minimum atomic E-state index is -4.41. The summed E-state index contributed by atoms with van der Waals surface area (Å²) in [5.41, 5.74) is 1.43. The van der Waals surface area contributed by atoms with Crippen LogP contribution in [0.25, 0.3) is 0 Å². The van der Waals surface area contributed by atoms with Gasteiger partial charge in [0, 0.05) is 17.1 Å². The molecule has 0 atom stereocenters. The summed E-state index contributed by atoms with van der Waals surface area (Å²) >= 11 is 0. The summed E-state index contributed by atoms with van der Waals surface area (Å²) in [7, 11) is 0. The van der Waals surface area contributed by atoms with Crippen LogP contribution in [0.1, 0.15) is 17.0 Å². The Hall–Kier alpha value is -2.24. The molecule has 6 heteroatoms. The van der Waals surface area contributed by atoms with Crippen LogP contribution in [0.15, 0.2) is 36.4 Å². The number of hydrogen-bond donors (Lipinski definition) is 0. The van der Waals surface area contributed by atoms with Crippen LogP contribution >= 0.6 is 0 Å². The zero-order chi connectivity index (χ0) is 15.2. The highest BCUT2D eigenvalue weighted by Gasteiger charge is 2.32. The molecular weight excluding hydrogens is 281 g/mol. The molecule has 0 spiro atoms. The van der Waals surface area contributed by atoms with Gasteiger partial charge in [-0.1, -0.05) is 6.07 Å². The van der Waals surface area contributed by atoms with E-state index in [1.165, 1.54) is 17.0 Å². The standard InChI is InChI=1S/C15H13F3N2O/c1-10-5-6-13-8-20(14(21)9-19(10)13)12-4-2-3-11(7-12)15(16,17)18/h2-7H,8-9H2,1H3. The normalized spacial score (nSPS) is 15.2. The first-order valence-electron chi connectivity index (χ1n) is 6.49. The van der Waals surface area contributed by atoms with Gasteiger partial charge in [-0.25, -0.2) is 0 Å². The second kappa shape index (κ2) is 4.65. The highest BCUT2D eigenvalue weighted by molar-refractivity contribution is 5.94. The van der Waals surface area contributed by atoms with E-state index in [4.69, 9.17) is 0 Å². The number of aromatic nitrogens is 1. The maximum atomic E-state index is 12.8. The highest BCUT2D eigenvalue weighted by Crippen LogP contribution is 2.32. The number of hydrogen-bond acceptors (Lipinski definition) is 1. The molecule has 3 nitrogen and oxygen atoms in total. The first-order chi connectivity index (χ1) is 9.86. The summed E-state index contributed by atoms with van der Waals surface area (Å²) in [6.45, 7) is 2.34. The number of halogens is 3. The predicted molar refractivity (Wildman–Crippen MR) is 71.8 cm³/mol. The fourth-order valence-electron chi connectivity index (χ4n) is 2.54. The van der Waals surface area contributed by atoms with Crippen molar-refractivity contribution in [2.75, 3.05) is 4.90 Å². The van der Waals surface area contributed by atoms with Gasteiger partial charge in [0.15, 0.2) is 0 Å². The zero-order valence-electron chi connectivity index (χ0n) is 11.3. The molecule has 2 heterocycles. The number of carbonyl (C=O) groups is 1. The van der Waals surface area contributed by atoms with Crippen LogP contribution < -0.4 is 4.90 Å². The van der Waals surface area contributed by atoms with Crippen LogP contribution in [0.5, 0.6) is 0 Å². The molecule has 0 radical (unpaired) electrons. The van der Waals surface area contributed by atoms with Gasteiger partial charge in [0.1, 0.15) is 6.54 Å². The van der Waals surface area contributed by atoms with Crippen molar-refractivity contribution < 1.29 is 18.0 Å². The average molecular weight is 294 g/mol. The van der Waals surface area contributed by atoms with E-state index in [9.17, 15) is 18.0 Å². The Morgan fingerprint density at radius 1 is 1.10 bits per heavy atom. The summed E-state index contributed by atoms with van der Waals surface area (Å²) in [6.07, 6.45) is -4.41. The number of nitrogens with zero attached hydrogens (tertiary/aromatic N) is 2. The summed E-state index contributed by atoms with van der Waals surface area (Å²) < 4.78 is 40.2. The van der Waals surface area contributed by atoms with E-state index in [2.05, 4.69) is 0 Å². The third-order valence-electron chi connectivity index (χ3n) is 3.69. The Morgan fingerprint density at radius 2 is 1.86 bits per heavy atom. The van der Waals surface area contributed by atoms with Crippen LogP contribution in [0.3, 0.4) is 0 Å². The zero-order valence-corrected chi connectivity index (χ0v) is 11.3. The number of anilines is 1. The Morgan fingerprint density at radius 3 is 2.57 bits per heavy atom. The third-order valence-corrected chi connectivity index (χ3v) is 3.69. The van der Waals surface area contributed by atoms with Crippen LogP contribution in [0.4, 0.5) is 18.9 Å². The second-order valence-corrected chi connectivity index (χ2v) is 5.08. The molecule has 21 heavy (non-hydrogen) atoms. The number of fused-ring (bicyclic) bond motifs is 1. The van der Waals surface area contributed by atoms with Gasteiger partial charge >= 0.3 is 6.18 Å². The van der Waals surface area contributed by atoms with E-state index in [1.54, 1.807) is 0 Å². The van der Waals surface area contributed by atoms with Crippen molar-refractivity contribution in [2.24, 2.45) is 0 Å². The molecule has 1 aliphatic heterocycles. The minimum absolute atomic E-state index is 0.157. The number of carbonyl (C=O) groups excluding carboxylic acids is 1. The quantitative estimate of drug-likeness (QED) is 0.791. The van der Waals surface area contributed by atoms with Gasteiger partial charge in [0.05, 0.1) is 12.1 Å². The number of alkyl halides is 3. The monoisotopic (exact) mass is 294 g/mol. The van der Waals surface area contributed by atoms with E-state index in [0.717, 1.165) is 23.5 Å². The summed E-state index contributed by atoms with van der Waals surface area (Å²) in [6, 6.07) is 8.66. The van der Waals surface area contributed by atoms with Gasteiger partial charge in [-0.2, -0.15) is 13.2 Å². The molecule has 2 aromatic rings. The largest absolute Gasteiger partial charge is 0.416 e. The predicted octanol–water partition coefficient (Wildman–Crippen LogP) is 3.36. The second-order valence-electron chi connectivity index (χ2n) is 5.08. The number of rotatable bonds is 1. The van der Waals surface area contributed by atoms with Crippen molar-refractivity contribution in [1.82, 2.24) is 4.57 Å². The average Bonchev–Trinajstić information content (AvgIpc) is 2.78. The number of aryl methyl sites for hydroxylation is 1. The van der Waals surface area contributed by atoms with Crippen LogP contribution in [0, 0.1) is 6.92 Å². The molecule has 3 rings (SSSR count). The highest BCUT2D eigenvalue weighted by atomic mass is 19.4. The van der Waals surface area contributed by atoms with Crippen LogP contribution in [-0.2, 0) is 24.1 Å². The lowest BCUT2D eigenvalue weighted by molar-refractivity contribution is -0.137. The maximum absolute atomic E-state index is 12.8. The van der Waals surface area contributed by atoms with E-state index >= 15 is 0 Å². The minimum Gasteiger partial charge on any atom is -0.338 e. The van der Waals surface area contributed by atoms with Gasteiger partial charge in [-0.05, 0) is 37.3 Å². The van der Waals surface area contributed by atoms with Crippen molar-refractivity contribution in [3.05, 3.63) is 53.3 Å². The SMILES string of the molecule is Cc1ccc2n1CC(=O)N(c1cccc(C(F)(F)F)c1)C2. The number of amides is 1. The Balaban J connectivity index is 1.96. The fourth-order valence-corrected chi connectivity index (χ4v) is 2.54. The lowest BCUT2D eigenvalue weighted by atomic mass is 10.1. The molecule has 1 amide bonds. The molecule has 1 aromatic heterocycles. The lowest BCUT2D eigenvalue weighted by Gasteiger charge is -2.29. The van der Waals surface area contributed by atoms with Crippen LogP contribution in [0.2, 0.25) is 0 Å². The molecule has 1 aliphatic rings. The van der Waals surface area contributed by atoms with Gasteiger partial charge in [-0.15, -0.1) is 0 Å². The van der Waals surface area contributed by atoms with Crippen LogP contribution in [-0.4, -0.2) is 10.5 Å². The summed E-state index contributed by atoms with van der Waals surface area (Å²) in [4.78, 5) is 13.6. The summed E-state index contributed by atoms with van der Waals surface area (Å²) in [5.74, 6) is -0.207. The maximum Gasteiger partial charge on any atom is 0.416 e. The van der Waals surface area contributed by atoms with Crippen molar-refractivity contribution >= 4 is 11.6 Å². The van der Waals surface area contributed by atoms with Gasteiger partial charge in [-0.3, -0.25) is 4.79 Å². The molecule has 110 valence electrons. The topological polar surface area (TPSA) is 25.2 Å². The third kappa shape index (κ3) is 2.41. The van der Waals surface area contributed by atoms with E-state index in [1.807, 2.05) is 23.6 Å². The van der Waals surface area contributed by atoms with E-state index in [0.29, 0.717) is 0 Å². The smallest absolute Gasteiger partial charge is 0.338 e. The molecule has 0 saturated carbocycles. The van der Waals surface area contributed by atoms with Gasteiger partial charge < -0.3 is 9.47 Å². The molecular formula is C15H13F3N2O. The Bertz CT molecular complexity index is 703. The Kier molecular flexibility index (Phi) is 3.04. The van der Waals surface area contributed by atoms with Gasteiger partial charge in [0.2, 0.25) is 5.91 Å². The molecule has 0 aliphatic carbocycles. The van der Waals surface area contributed by atoms with E-state index in [-0.39, 0.29) is 24.7 Å². The van der Waals surface area contributed by atoms with Crippen molar-refractivity contribution in [1.29, 1.82) is 0 Å². The first kappa shape index (κ1) is 13.7. The van der Waals surface area contributed by atoms with Crippen molar-refractivity contribution in [3.8, 4) is 0 Å². The molecule has 0 N–H and O–H groups in total. The molecule has 0 unspecified atom stereocenters.